The monoisotopic (exact) mass is 489 g/mol. The Morgan fingerprint density at radius 1 is 0.229 bits per heavy atom. The van der Waals surface area contributed by atoms with Gasteiger partial charge in [-0.2, -0.15) is 0 Å². The van der Waals surface area contributed by atoms with E-state index in [1.807, 2.05) is 0 Å². The maximum Gasteiger partial charge on any atom is -0.0351 e. The van der Waals surface area contributed by atoms with E-state index in [0.29, 0.717) is 0 Å². The molecule has 0 fully saturated rings. The zero-order valence-corrected chi connectivity index (χ0v) is 24.8. The van der Waals surface area contributed by atoms with Crippen molar-refractivity contribution in [3.63, 3.8) is 0 Å². The average Bonchev–Trinajstić information content (AvgIpc) is 2.87. The Hall–Kier alpha value is -0.520. The lowest BCUT2D eigenvalue weighted by Crippen LogP contribution is -1.83. The molecule has 0 amide bonds. The lowest BCUT2D eigenvalue weighted by atomic mass is 10.0. The van der Waals surface area contributed by atoms with Crippen molar-refractivity contribution in [1.29, 1.82) is 0 Å². The van der Waals surface area contributed by atoms with Crippen molar-refractivity contribution >= 4 is 0 Å². The van der Waals surface area contributed by atoms with E-state index in [0.717, 1.165) is 0 Å². The van der Waals surface area contributed by atoms with Gasteiger partial charge in [-0.05, 0) is 51.4 Å². The summed E-state index contributed by atoms with van der Waals surface area (Å²) in [5.41, 5.74) is 0. The van der Waals surface area contributed by atoms with Crippen molar-refractivity contribution in [3.05, 3.63) is 24.3 Å². The van der Waals surface area contributed by atoms with Crippen molar-refractivity contribution in [3.8, 4) is 0 Å². The second-order valence-corrected chi connectivity index (χ2v) is 11.2. The fourth-order valence-electron chi connectivity index (χ4n) is 5.03. The molecule has 208 valence electrons. The van der Waals surface area contributed by atoms with Gasteiger partial charge in [0.2, 0.25) is 0 Å². The van der Waals surface area contributed by atoms with Crippen LogP contribution in [0, 0.1) is 0 Å². The van der Waals surface area contributed by atoms with Crippen molar-refractivity contribution in [2.45, 2.75) is 200 Å². The van der Waals surface area contributed by atoms with Gasteiger partial charge >= 0.3 is 0 Å². The molecular weight excluding hydrogens is 420 g/mol. The maximum absolute atomic E-state index is 2.44. The van der Waals surface area contributed by atoms with Gasteiger partial charge in [-0.25, -0.2) is 0 Å². The number of unbranched alkanes of at least 4 members (excludes halogenated alkanes) is 26. The van der Waals surface area contributed by atoms with Gasteiger partial charge in [-0.3, -0.25) is 0 Å². The van der Waals surface area contributed by atoms with E-state index >= 15 is 0 Å². The Balaban J connectivity index is 3.09. The topological polar surface area (TPSA) is 0 Å². The molecule has 0 saturated heterocycles. The van der Waals surface area contributed by atoms with Crippen LogP contribution < -0.4 is 0 Å². The van der Waals surface area contributed by atoms with Gasteiger partial charge in [0.05, 0.1) is 0 Å². The Morgan fingerprint density at radius 3 is 0.600 bits per heavy atom. The minimum atomic E-state index is 1.31. The Labute approximate surface area is 224 Å². The number of hydrogen-bond acceptors (Lipinski definition) is 0. The smallest absolute Gasteiger partial charge is 0.0351 e. The van der Waals surface area contributed by atoms with E-state index in [9.17, 15) is 0 Å². The van der Waals surface area contributed by atoms with Crippen molar-refractivity contribution in [2.24, 2.45) is 0 Å². The van der Waals surface area contributed by atoms with Crippen LogP contribution >= 0.6 is 0 Å². The van der Waals surface area contributed by atoms with Crippen LogP contribution in [0.5, 0.6) is 0 Å². The molecule has 0 aliphatic carbocycles. The molecule has 35 heavy (non-hydrogen) atoms. The van der Waals surface area contributed by atoms with E-state index in [4.69, 9.17) is 0 Å². The van der Waals surface area contributed by atoms with Crippen molar-refractivity contribution in [1.82, 2.24) is 0 Å². The summed E-state index contributed by atoms with van der Waals surface area (Å²) in [4.78, 5) is 0. The molecule has 0 heteroatoms. The van der Waals surface area contributed by atoms with Gasteiger partial charge < -0.3 is 0 Å². The third-order valence-electron chi connectivity index (χ3n) is 7.52. The normalized spacial score (nSPS) is 11.9. The van der Waals surface area contributed by atoms with Gasteiger partial charge in [0.25, 0.3) is 0 Å². The van der Waals surface area contributed by atoms with Gasteiger partial charge in [0.1, 0.15) is 0 Å². The number of hydrogen-bond donors (Lipinski definition) is 0. The van der Waals surface area contributed by atoms with Crippen molar-refractivity contribution in [2.75, 3.05) is 0 Å². The summed E-state index contributed by atoms with van der Waals surface area (Å²) in [5.74, 6) is 0. The predicted octanol–water partition coefficient (Wildman–Crippen LogP) is 13.5. The molecule has 0 aromatic carbocycles. The first-order valence-corrected chi connectivity index (χ1v) is 16.7. The average molecular weight is 489 g/mol. The first kappa shape index (κ1) is 34.5. The molecule has 0 aromatic rings. The van der Waals surface area contributed by atoms with Crippen LogP contribution in [-0.2, 0) is 0 Å². The minimum Gasteiger partial charge on any atom is -0.0885 e. The highest BCUT2D eigenvalue weighted by atomic mass is 14.0. The van der Waals surface area contributed by atoms with Gasteiger partial charge in [-0.1, -0.05) is 173 Å². The lowest BCUT2D eigenvalue weighted by Gasteiger charge is -2.03. The summed E-state index contributed by atoms with van der Waals surface area (Å²) in [5, 5.41) is 0. The summed E-state index contributed by atoms with van der Waals surface area (Å²) in [6, 6.07) is 0. The van der Waals surface area contributed by atoms with Gasteiger partial charge in [-0.15, -0.1) is 0 Å². The first-order chi connectivity index (χ1) is 17.4. The van der Waals surface area contributed by atoms with Crippen molar-refractivity contribution < 1.29 is 0 Å². The van der Waals surface area contributed by atoms with Crippen LogP contribution in [0.15, 0.2) is 24.3 Å². The van der Waals surface area contributed by atoms with Gasteiger partial charge in [0.15, 0.2) is 0 Å². The highest BCUT2D eigenvalue weighted by Gasteiger charge is 1.95. The van der Waals surface area contributed by atoms with Crippen LogP contribution in [0.4, 0.5) is 0 Å². The fraction of sp³-hybridized carbons (Fsp3) is 0.886. The van der Waals surface area contributed by atoms with E-state index in [1.165, 1.54) is 186 Å². The summed E-state index contributed by atoms with van der Waals surface area (Å²) in [7, 11) is 0. The molecule has 0 unspecified atom stereocenters. The largest absolute Gasteiger partial charge is 0.0885 e. The standard InChI is InChI=1S/C35H68/c1-3-5-7-9-11-13-15-17-19-21-23-25-27-29-31-33-35-34-32-30-28-26-24-22-20-18-16-14-12-10-8-6-4-2/h15,17-18,20H,3-14,16,19,21-35H2,1-2H3. The highest BCUT2D eigenvalue weighted by molar-refractivity contribution is 4.82. The third-order valence-corrected chi connectivity index (χ3v) is 7.52. The molecule has 0 saturated carbocycles. The fourth-order valence-corrected chi connectivity index (χ4v) is 5.03. The molecule has 0 aliphatic rings. The van der Waals surface area contributed by atoms with Gasteiger partial charge in [0, 0.05) is 0 Å². The SMILES string of the molecule is CCCCCCCC=CCCCCCCCCCCCCCCCCC=CCCCCCCCC. The van der Waals surface area contributed by atoms with E-state index < -0.39 is 0 Å². The van der Waals surface area contributed by atoms with E-state index in [-0.39, 0.29) is 0 Å². The zero-order chi connectivity index (χ0) is 25.3. The molecule has 0 aliphatic heterocycles. The molecule has 0 bridgehead atoms. The molecule has 0 N–H and O–H groups in total. The highest BCUT2D eigenvalue weighted by Crippen LogP contribution is 2.14. The molecule has 0 atom stereocenters. The van der Waals surface area contributed by atoms with Crippen LogP contribution in [0.25, 0.3) is 0 Å². The summed E-state index contributed by atoms with van der Waals surface area (Å²) >= 11 is 0. The third kappa shape index (κ3) is 33.5. The molecular formula is C35H68. The minimum absolute atomic E-state index is 1.31. The molecule has 0 spiro atoms. The Morgan fingerprint density at radius 2 is 0.400 bits per heavy atom. The summed E-state index contributed by atoms with van der Waals surface area (Å²) in [6.45, 7) is 4.59. The first-order valence-electron chi connectivity index (χ1n) is 16.7. The Bertz CT molecular complexity index is 404. The Kier molecular flexibility index (Phi) is 33.0. The van der Waals surface area contributed by atoms with E-state index in [1.54, 1.807) is 0 Å². The number of allylic oxidation sites excluding steroid dienone is 4. The van der Waals surface area contributed by atoms with E-state index in [2.05, 4.69) is 38.2 Å². The van der Waals surface area contributed by atoms with Crippen LogP contribution in [0.2, 0.25) is 0 Å². The second-order valence-electron chi connectivity index (χ2n) is 11.2. The maximum atomic E-state index is 2.44. The quantitative estimate of drug-likeness (QED) is 0.0696. The molecule has 0 rings (SSSR count). The molecule has 0 aromatic heterocycles. The summed E-state index contributed by atoms with van der Waals surface area (Å²) < 4.78 is 0. The molecule has 0 nitrogen and oxygen atoms in total. The zero-order valence-electron chi connectivity index (χ0n) is 24.8. The predicted molar refractivity (Wildman–Crippen MR) is 164 cm³/mol. The van der Waals surface area contributed by atoms with Crippen LogP contribution in [0.3, 0.4) is 0 Å². The lowest BCUT2D eigenvalue weighted by molar-refractivity contribution is 0.534. The summed E-state index contributed by atoms with van der Waals surface area (Å²) in [6.07, 6.45) is 50.9. The molecule has 0 radical (unpaired) electrons. The molecule has 0 heterocycles. The van der Waals surface area contributed by atoms with Crippen LogP contribution in [-0.4, -0.2) is 0 Å². The number of rotatable bonds is 30. The van der Waals surface area contributed by atoms with Crippen LogP contribution in [0.1, 0.15) is 200 Å². The second kappa shape index (κ2) is 33.5.